The third kappa shape index (κ3) is 1.39. The maximum Gasteiger partial charge on any atom is 0.356 e. The Morgan fingerprint density at radius 3 is 2.92 bits per heavy atom. The lowest BCUT2D eigenvalue weighted by molar-refractivity contribution is 0.0691. The third-order valence-electron chi connectivity index (χ3n) is 1.66. The van der Waals surface area contributed by atoms with E-state index in [0.717, 1.165) is 3.70 Å². The number of carbonyl (C=O) groups is 1. The van der Waals surface area contributed by atoms with Gasteiger partial charge in [0, 0.05) is 6.20 Å². The van der Waals surface area contributed by atoms with Crippen LogP contribution in [0.2, 0.25) is 0 Å². The number of carboxylic acid groups (broad SMARTS) is 1. The first-order valence-corrected chi connectivity index (χ1v) is 4.63. The standard InChI is InChI=1S/C8H5IN2O2/c9-6-2-1-3-7-10-5(8(12)13)4-11(6)7/h1-4H,(H,12,13). The fourth-order valence-corrected chi connectivity index (χ4v) is 1.67. The van der Waals surface area contributed by atoms with Gasteiger partial charge in [-0.15, -0.1) is 0 Å². The van der Waals surface area contributed by atoms with Crippen molar-refractivity contribution in [2.75, 3.05) is 0 Å². The number of hydrogen-bond acceptors (Lipinski definition) is 2. The second-order valence-corrected chi connectivity index (χ2v) is 3.61. The molecular weight excluding hydrogens is 283 g/mol. The molecular formula is C8H5IN2O2. The van der Waals surface area contributed by atoms with Gasteiger partial charge in [0.1, 0.15) is 5.65 Å². The average Bonchev–Trinajstić information content (AvgIpc) is 2.49. The summed E-state index contributed by atoms with van der Waals surface area (Å²) < 4.78 is 2.68. The molecule has 1 N–H and O–H groups in total. The fourth-order valence-electron chi connectivity index (χ4n) is 1.08. The highest BCUT2D eigenvalue weighted by molar-refractivity contribution is 14.1. The lowest BCUT2D eigenvalue weighted by Crippen LogP contribution is -1.95. The van der Waals surface area contributed by atoms with Gasteiger partial charge >= 0.3 is 5.97 Å². The normalized spacial score (nSPS) is 10.5. The van der Waals surface area contributed by atoms with Gasteiger partial charge in [-0.25, -0.2) is 9.78 Å². The summed E-state index contributed by atoms with van der Waals surface area (Å²) in [5.41, 5.74) is 0.730. The summed E-state index contributed by atoms with van der Waals surface area (Å²) in [5, 5.41) is 8.70. The molecule has 0 amide bonds. The van der Waals surface area contributed by atoms with Crippen LogP contribution in [0.25, 0.3) is 5.65 Å². The molecule has 0 saturated carbocycles. The molecule has 0 radical (unpaired) electrons. The van der Waals surface area contributed by atoms with Crippen molar-refractivity contribution >= 4 is 34.2 Å². The van der Waals surface area contributed by atoms with Gasteiger partial charge in [-0.3, -0.25) is 4.40 Å². The Morgan fingerprint density at radius 2 is 2.31 bits per heavy atom. The van der Waals surface area contributed by atoms with E-state index >= 15 is 0 Å². The Morgan fingerprint density at radius 1 is 1.54 bits per heavy atom. The Hall–Kier alpha value is -1.11. The zero-order chi connectivity index (χ0) is 9.42. The minimum Gasteiger partial charge on any atom is -0.476 e. The van der Waals surface area contributed by atoms with E-state index in [1.165, 1.54) is 6.20 Å². The first kappa shape index (κ1) is 8.49. The second kappa shape index (κ2) is 2.99. The molecule has 0 aliphatic carbocycles. The molecule has 0 atom stereocenters. The summed E-state index contributed by atoms with van der Waals surface area (Å²) in [6, 6.07) is 5.51. The van der Waals surface area contributed by atoms with Crippen molar-refractivity contribution in [3.8, 4) is 0 Å². The third-order valence-corrected chi connectivity index (χ3v) is 2.54. The highest BCUT2D eigenvalue weighted by Gasteiger charge is 2.08. The van der Waals surface area contributed by atoms with Crippen molar-refractivity contribution in [2.45, 2.75) is 0 Å². The average molecular weight is 288 g/mol. The number of imidazole rings is 1. The largest absolute Gasteiger partial charge is 0.476 e. The molecule has 0 bridgehead atoms. The van der Waals surface area contributed by atoms with Crippen molar-refractivity contribution in [1.29, 1.82) is 0 Å². The van der Waals surface area contributed by atoms with E-state index in [-0.39, 0.29) is 5.69 Å². The van der Waals surface area contributed by atoms with Crippen LogP contribution in [0.5, 0.6) is 0 Å². The van der Waals surface area contributed by atoms with Crippen molar-refractivity contribution in [3.05, 3.63) is 33.8 Å². The monoisotopic (exact) mass is 288 g/mol. The van der Waals surface area contributed by atoms with Gasteiger partial charge in [-0.1, -0.05) is 6.07 Å². The quantitative estimate of drug-likeness (QED) is 0.641. The Labute approximate surface area is 87.4 Å². The topological polar surface area (TPSA) is 54.6 Å². The molecule has 66 valence electrons. The van der Waals surface area contributed by atoms with Crippen LogP contribution in [-0.2, 0) is 0 Å². The molecule has 13 heavy (non-hydrogen) atoms. The molecule has 4 nitrogen and oxygen atoms in total. The van der Waals surface area contributed by atoms with E-state index in [2.05, 4.69) is 27.6 Å². The van der Waals surface area contributed by atoms with Crippen LogP contribution in [0, 0.1) is 3.70 Å². The maximum atomic E-state index is 10.6. The van der Waals surface area contributed by atoms with Crippen LogP contribution in [0.4, 0.5) is 0 Å². The van der Waals surface area contributed by atoms with Gasteiger partial charge in [-0.05, 0) is 34.7 Å². The van der Waals surface area contributed by atoms with Crippen LogP contribution >= 0.6 is 22.6 Å². The van der Waals surface area contributed by atoms with Gasteiger partial charge in [0.25, 0.3) is 0 Å². The molecule has 2 aromatic rings. The number of pyridine rings is 1. The molecule has 0 aliphatic heterocycles. The summed E-state index contributed by atoms with van der Waals surface area (Å²) in [4.78, 5) is 14.5. The number of hydrogen-bond donors (Lipinski definition) is 1. The second-order valence-electron chi connectivity index (χ2n) is 2.51. The number of nitrogens with zero attached hydrogens (tertiary/aromatic N) is 2. The molecule has 5 heteroatoms. The molecule has 2 rings (SSSR count). The Kier molecular flexibility index (Phi) is 1.95. The molecule has 0 spiro atoms. The van der Waals surface area contributed by atoms with Crippen LogP contribution in [-0.4, -0.2) is 20.5 Å². The summed E-state index contributed by atoms with van der Waals surface area (Å²) in [7, 11) is 0. The molecule has 2 aromatic heterocycles. The zero-order valence-corrected chi connectivity index (χ0v) is 8.59. The van der Waals surface area contributed by atoms with E-state index in [1.54, 1.807) is 10.5 Å². The van der Waals surface area contributed by atoms with E-state index in [9.17, 15) is 4.79 Å². The van der Waals surface area contributed by atoms with Gasteiger partial charge < -0.3 is 5.11 Å². The predicted octanol–water partition coefficient (Wildman–Crippen LogP) is 1.64. The van der Waals surface area contributed by atoms with Gasteiger partial charge in [0.15, 0.2) is 5.69 Å². The number of aromatic nitrogens is 2. The summed E-state index contributed by atoms with van der Waals surface area (Å²) >= 11 is 2.12. The van der Waals surface area contributed by atoms with Crippen molar-refractivity contribution in [1.82, 2.24) is 9.38 Å². The Balaban J connectivity index is 2.75. The van der Waals surface area contributed by atoms with Crippen molar-refractivity contribution < 1.29 is 9.90 Å². The minimum absolute atomic E-state index is 0.0733. The lowest BCUT2D eigenvalue weighted by atomic mass is 10.5. The molecule has 0 aliphatic rings. The van der Waals surface area contributed by atoms with Gasteiger partial charge in [0.2, 0.25) is 0 Å². The maximum absolute atomic E-state index is 10.6. The molecule has 0 saturated heterocycles. The number of halogens is 1. The number of fused-ring (bicyclic) bond motifs is 1. The number of carboxylic acids is 1. The molecule has 0 aromatic carbocycles. The van der Waals surface area contributed by atoms with E-state index in [4.69, 9.17) is 5.11 Å². The number of rotatable bonds is 1. The molecule has 0 unspecified atom stereocenters. The fraction of sp³-hybridized carbons (Fsp3) is 0. The summed E-state index contributed by atoms with van der Waals surface area (Å²) in [6.45, 7) is 0. The first-order valence-electron chi connectivity index (χ1n) is 3.55. The predicted molar refractivity (Wildman–Crippen MR) is 54.9 cm³/mol. The molecule has 0 fully saturated rings. The highest BCUT2D eigenvalue weighted by atomic mass is 127. The molecule has 2 heterocycles. The van der Waals surface area contributed by atoms with Crippen LogP contribution in [0.3, 0.4) is 0 Å². The van der Waals surface area contributed by atoms with Gasteiger partial charge in [0.05, 0.1) is 3.70 Å². The number of aromatic carboxylic acids is 1. The van der Waals surface area contributed by atoms with E-state index < -0.39 is 5.97 Å². The summed E-state index contributed by atoms with van der Waals surface area (Å²) in [6.07, 6.45) is 1.51. The Bertz CT molecular complexity index is 478. The van der Waals surface area contributed by atoms with Crippen LogP contribution < -0.4 is 0 Å². The van der Waals surface area contributed by atoms with Crippen molar-refractivity contribution in [2.24, 2.45) is 0 Å². The first-order chi connectivity index (χ1) is 6.18. The highest BCUT2D eigenvalue weighted by Crippen LogP contribution is 2.10. The summed E-state index contributed by atoms with van der Waals surface area (Å²) in [5.74, 6) is -1.00. The lowest BCUT2D eigenvalue weighted by Gasteiger charge is -1.93. The van der Waals surface area contributed by atoms with Crippen LogP contribution in [0.15, 0.2) is 24.4 Å². The van der Waals surface area contributed by atoms with Crippen molar-refractivity contribution in [3.63, 3.8) is 0 Å². The smallest absolute Gasteiger partial charge is 0.356 e. The van der Waals surface area contributed by atoms with Gasteiger partial charge in [-0.2, -0.15) is 0 Å². The SMILES string of the molecule is O=C(O)c1cn2c(I)cccc2n1. The van der Waals surface area contributed by atoms with E-state index in [1.807, 2.05) is 12.1 Å². The zero-order valence-electron chi connectivity index (χ0n) is 6.44. The van der Waals surface area contributed by atoms with Crippen LogP contribution in [0.1, 0.15) is 10.5 Å². The van der Waals surface area contributed by atoms with E-state index in [0.29, 0.717) is 5.65 Å². The minimum atomic E-state index is -1.00.